The van der Waals surface area contributed by atoms with Crippen molar-refractivity contribution in [2.75, 3.05) is 13.1 Å². The predicted molar refractivity (Wildman–Crippen MR) is 43.5 cm³/mol. The van der Waals surface area contributed by atoms with E-state index in [1.807, 2.05) is 4.90 Å². The third kappa shape index (κ3) is 1.24. The average Bonchev–Trinajstić information content (AvgIpc) is 2.57. The van der Waals surface area contributed by atoms with Crippen LogP contribution in [0, 0.1) is 11.8 Å². The molecule has 1 aliphatic carbocycles. The number of halogens is 1. The van der Waals surface area contributed by atoms with Crippen LogP contribution in [0.5, 0.6) is 0 Å². The van der Waals surface area contributed by atoms with E-state index in [4.69, 9.17) is 11.6 Å². The first-order chi connectivity index (χ1) is 5.18. The second kappa shape index (κ2) is 2.37. The Morgan fingerprint density at radius 1 is 1.55 bits per heavy atom. The van der Waals surface area contributed by atoms with E-state index < -0.39 is 0 Å². The number of fused-ring (bicyclic) bond motifs is 1. The largest absolute Gasteiger partial charge is 0.341 e. The second-order valence-electron chi connectivity index (χ2n) is 3.62. The predicted octanol–water partition coefficient (Wildman–Crippen LogP) is 1.09. The molecule has 0 bridgehead atoms. The van der Waals surface area contributed by atoms with E-state index in [0.29, 0.717) is 0 Å². The SMILES string of the molecule is CC(Cl)C(=O)N1CC2CC2C1. The van der Waals surface area contributed by atoms with Crippen molar-refractivity contribution in [2.24, 2.45) is 11.8 Å². The molecule has 2 aliphatic rings. The van der Waals surface area contributed by atoms with E-state index in [-0.39, 0.29) is 11.3 Å². The summed E-state index contributed by atoms with van der Waals surface area (Å²) in [5, 5.41) is -0.340. The van der Waals surface area contributed by atoms with Crippen LogP contribution < -0.4 is 0 Å². The Kier molecular flexibility index (Phi) is 1.60. The van der Waals surface area contributed by atoms with Crippen molar-refractivity contribution in [3.05, 3.63) is 0 Å². The van der Waals surface area contributed by atoms with Crippen LogP contribution >= 0.6 is 11.6 Å². The lowest BCUT2D eigenvalue weighted by molar-refractivity contribution is -0.129. The lowest BCUT2D eigenvalue weighted by Crippen LogP contribution is -2.35. The van der Waals surface area contributed by atoms with Crippen molar-refractivity contribution in [1.82, 2.24) is 4.90 Å². The molecule has 2 nitrogen and oxygen atoms in total. The zero-order chi connectivity index (χ0) is 8.01. The Balaban J connectivity index is 1.92. The molecule has 11 heavy (non-hydrogen) atoms. The fourth-order valence-corrected chi connectivity index (χ4v) is 1.97. The standard InChI is InChI=1S/C8H12ClNO/c1-5(9)8(11)10-3-6-2-7(6)4-10/h5-7H,2-4H2,1H3. The molecule has 3 unspecified atom stereocenters. The number of hydrogen-bond acceptors (Lipinski definition) is 1. The molecule has 1 saturated carbocycles. The van der Waals surface area contributed by atoms with Crippen LogP contribution in [0.4, 0.5) is 0 Å². The molecule has 3 heteroatoms. The molecule has 2 fully saturated rings. The first-order valence-electron chi connectivity index (χ1n) is 4.11. The maximum Gasteiger partial charge on any atom is 0.240 e. The highest BCUT2D eigenvalue weighted by atomic mass is 35.5. The fraction of sp³-hybridized carbons (Fsp3) is 0.875. The van der Waals surface area contributed by atoms with Gasteiger partial charge in [0, 0.05) is 13.1 Å². The van der Waals surface area contributed by atoms with E-state index in [1.54, 1.807) is 6.92 Å². The number of alkyl halides is 1. The van der Waals surface area contributed by atoms with E-state index in [0.717, 1.165) is 24.9 Å². The number of piperidine rings is 1. The summed E-state index contributed by atoms with van der Waals surface area (Å²) < 4.78 is 0. The number of carbonyl (C=O) groups is 1. The molecule has 0 aromatic carbocycles. The first-order valence-corrected chi connectivity index (χ1v) is 4.55. The number of hydrogen-bond donors (Lipinski definition) is 0. The molecule has 1 heterocycles. The highest BCUT2D eigenvalue weighted by Crippen LogP contribution is 2.45. The van der Waals surface area contributed by atoms with Gasteiger partial charge in [-0.3, -0.25) is 4.79 Å². The van der Waals surface area contributed by atoms with Crippen molar-refractivity contribution in [2.45, 2.75) is 18.7 Å². The molecule has 0 N–H and O–H groups in total. The van der Waals surface area contributed by atoms with Gasteiger partial charge in [0.05, 0.1) is 0 Å². The minimum absolute atomic E-state index is 0.110. The Labute approximate surface area is 71.5 Å². The summed E-state index contributed by atoms with van der Waals surface area (Å²) >= 11 is 5.68. The summed E-state index contributed by atoms with van der Waals surface area (Å²) in [4.78, 5) is 13.2. The maximum atomic E-state index is 11.3. The molecule has 0 spiro atoms. The summed E-state index contributed by atoms with van der Waals surface area (Å²) in [5.74, 6) is 1.74. The zero-order valence-electron chi connectivity index (χ0n) is 6.59. The van der Waals surface area contributed by atoms with Crippen LogP contribution in [0.2, 0.25) is 0 Å². The minimum atomic E-state index is -0.340. The number of carbonyl (C=O) groups excluding carboxylic acids is 1. The average molecular weight is 174 g/mol. The summed E-state index contributed by atoms with van der Waals surface area (Å²) in [7, 11) is 0. The third-order valence-corrected chi connectivity index (χ3v) is 2.82. The Hall–Kier alpha value is -0.240. The van der Waals surface area contributed by atoms with Gasteiger partial charge in [-0.15, -0.1) is 11.6 Å². The molecule has 1 aliphatic heterocycles. The van der Waals surface area contributed by atoms with Crippen LogP contribution in [-0.2, 0) is 4.79 Å². The lowest BCUT2D eigenvalue weighted by Gasteiger charge is -2.18. The van der Waals surface area contributed by atoms with Gasteiger partial charge in [-0.05, 0) is 25.2 Å². The molecule has 62 valence electrons. The Morgan fingerprint density at radius 3 is 2.55 bits per heavy atom. The van der Waals surface area contributed by atoms with Gasteiger partial charge >= 0.3 is 0 Å². The third-order valence-electron chi connectivity index (χ3n) is 2.63. The van der Waals surface area contributed by atoms with E-state index >= 15 is 0 Å². The van der Waals surface area contributed by atoms with Crippen LogP contribution in [0.1, 0.15) is 13.3 Å². The highest BCUT2D eigenvalue weighted by Gasteiger charge is 2.46. The molecular formula is C8H12ClNO. The summed E-state index contributed by atoms with van der Waals surface area (Å²) in [6, 6.07) is 0. The molecular weight excluding hydrogens is 162 g/mol. The van der Waals surface area contributed by atoms with Crippen LogP contribution in [-0.4, -0.2) is 29.3 Å². The number of amides is 1. The van der Waals surface area contributed by atoms with E-state index in [1.165, 1.54) is 6.42 Å². The van der Waals surface area contributed by atoms with Gasteiger partial charge in [-0.2, -0.15) is 0 Å². The van der Waals surface area contributed by atoms with Crippen LogP contribution in [0.3, 0.4) is 0 Å². The van der Waals surface area contributed by atoms with Crippen molar-refractivity contribution in [3.63, 3.8) is 0 Å². The Morgan fingerprint density at radius 2 is 2.09 bits per heavy atom. The lowest BCUT2D eigenvalue weighted by atomic mass is 10.3. The van der Waals surface area contributed by atoms with E-state index in [9.17, 15) is 4.79 Å². The topological polar surface area (TPSA) is 20.3 Å². The quantitative estimate of drug-likeness (QED) is 0.544. The second-order valence-corrected chi connectivity index (χ2v) is 4.27. The number of likely N-dealkylation sites (tertiary alicyclic amines) is 1. The normalized spacial score (nSPS) is 36.7. The van der Waals surface area contributed by atoms with Crippen molar-refractivity contribution in [3.8, 4) is 0 Å². The molecule has 1 amide bonds. The van der Waals surface area contributed by atoms with Gasteiger partial charge in [-0.25, -0.2) is 0 Å². The maximum absolute atomic E-state index is 11.3. The summed E-state index contributed by atoms with van der Waals surface area (Å²) in [6.45, 7) is 3.66. The summed E-state index contributed by atoms with van der Waals surface area (Å²) in [6.07, 6.45) is 1.33. The van der Waals surface area contributed by atoms with Gasteiger partial charge in [-0.1, -0.05) is 0 Å². The van der Waals surface area contributed by atoms with Gasteiger partial charge < -0.3 is 4.90 Å². The number of rotatable bonds is 1. The van der Waals surface area contributed by atoms with Gasteiger partial charge in [0.1, 0.15) is 5.38 Å². The summed E-state index contributed by atoms with van der Waals surface area (Å²) in [5.41, 5.74) is 0. The Bertz CT molecular complexity index is 183. The van der Waals surface area contributed by atoms with Crippen LogP contribution in [0.25, 0.3) is 0 Å². The molecule has 1 saturated heterocycles. The smallest absolute Gasteiger partial charge is 0.240 e. The van der Waals surface area contributed by atoms with Crippen molar-refractivity contribution < 1.29 is 4.79 Å². The van der Waals surface area contributed by atoms with Gasteiger partial charge in [0.2, 0.25) is 5.91 Å². The zero-order valence-corrected chi connectivity index (χ0v) is 7.34. The van der Waals surface area contributed by atoms with E-state index in [2.05, 4.69) is 0 Å². The molecule has 0 aromatic rings. The van der Waals surface area contributed by atoms with Gasteiger partial charge in [0.15, 0.2) is 0 Å². The minimum Gasteiger partial charge on any atom is -0.341 e. The molecule has 2 rings (SSSR count). The monoisotopic (exact) mass is 173 g/mol. The fourth-order valence-electron chi connectivity index (χ4n) is 1.83. The van der Waals surface area contributed by atoms with Crippen molar-refractivity contribution >= 4 is 17.5 Å². The molecule has 0 aromatic heterocycles. The molecule has 0 radical (unpaired) electrons. The molecule has 3 atom stereocenters. The first kappa shape index (κ1) is 7.41. The van der Waals surface area contributed by atoms with Crippen molar-refractivity contribution in [1.29, 1.82) is 0 Å². The number of nitrogens with zero attached hydrogens (tertiary/aromatic N) is 1. The highest BCUT2D eigenvalue weighted by molar-refractivity contribution is 6.30. The van der Waals surface area contributed by atoms with Gasteiger partial charge in [0.25, 0.3) is 0 Å². The van der Waals surface area contributed by atoms with Crippen LogP contribution in [0.15, 0.2) is 0 Å².